The van der Waals surface area contributed by atoms with Gasteiger partial charge in [-0.15, -0.1) is 11.3 Å². The van der Waals surface area contributed by atoms with Crippen LogP contribution >= 0.6 is 11.3 Å². The van der Waals surface area contributed by atoms with E-state index in [9.17, 15) is 10.0 Å². The van der Waals surface area contributed by atoms with Gasteiger partial charge < -0.3 is 10.0 Å². The molecule has 2 N–H and O–H groups in total. The predicted molar refractivity (Wildman–Crippen MR) is 78.3 cm³/mol. The van der Waals surface area contributed by atoms with Crippen LogP contribution in [-0.2, 0) is 13.1 Å². The van der Waals surface area contributed by atoms with Crippen LogP contribution < -0.4 is 5.46 Å². The summed E-state index contributed by atoms with van der Waals surface area (Å²) in [5, 5.41) is 21.8. The monoisotopic (exact) mass is 276 g/mol. The van der Waals surface area contributed by atoms with E-state index in [4.69, 9.17) is 0 Å². The SMILES string of the molecule is Cc1nc(CN(C)Cc2ccccc2B(O)O)cs1. The summed E-state index contributed by atoms with van der Waals surface area (Å²) in [6.07, 6.45) is 0. The van der Waals surface area contributed by atoms with E-state index in [0.717, 1.165) is 22.8 Å². The van der Waals surface area contributed by atoms with Gasteiger partial charge in [-0.2, -0.15) is 0 Å². The molecule has 2 rings (SSSR count). The smallest absolute Gasteiger partial charge is 0.423 e. The molecule has 19 heavy (non-hydrogen) atoms. The lowest BCUT2D eigenvalue weighted by molar-refractivity contribution is 0.316. The first-order valence-corrected chi connectivity index (χ1v) is 6.97. The van der Waals surface area contributed by atoms with Crippen molar-refractivity contribution in [2.75, 3.05) is 7.05 Å². The Morgan fingerprint density at radius 3 is 2.63 bits per heavy atom. The Balaban J connectivity index is 2.04. The molecule has 4 nitrogen and oxygen atoms in total. The fourth-order valence-corrected chi connectivity index (χ4v) is 2.64. The lowest BCUT2D eigenvalue weighted by atomic mass is 9.77. The van der Waals surface area contributed by atoms with E-state index in [2.05, 4.69) is 15.3 Å². The number of thiazole rings is 1. The number of rotatable bonds is 5. The maximum absolute atomic E-state index is 9.34. The average molecular weight is 276 g/mol. The van der Waals surface area contributed by atoms with E-state index in [1.54, 1.807) is 17.4 Å². The van der Waals surface area contributed by atoms with E-state index in [1.807, 2.05) is 32.2 Å². The standard InChI is InChI=1S/C13H17BN2O2S/c1-10-15-12(9-19-10)8-16(2)7-11-5-3-4-6-13(11)14(17)18/h3-6,9,17-18H,7-8H2,1-2H3. The fraction of sp³-hybridized carbons (Fsp3) is 0.308. The van der Waals surface area contributed by atoms with Crippen molar-refractivity contribution in [2.24, 2.45) is 0 Å². The van der Waals surface area contributed by atoms with Crippen molar-refractivity contribution < 1.29 is 10.0 Å². The molecule has 0 atom stereocenters. The Morgan fingerprint density at radius 2 is 2.00 bits per heavy atom. The summed E-state index contributed by atoms with van der Waals surface area (Å²) in [4.78, 5) is 6.53. The summed E-state index contributed by atoms with van der Waals surface area (Å²) in [6.45, 7) is 3.40. The molecule has 0 aliphatic heterocycles. The van der Waals surface area contributed by atoms with Gasteiger partial charge in [0.05, 0.1) is 10.7 Å². The highest BCUT2D eigenvalue weighted by molar-refractivity contribution is 7.09. The molecule has 0 spiro atoms. The molecule has 100 valence electrons. The molecule has 1 aromatic heterocycles. The molecule has 0 saturated carbocycles. The highest BCUT2D eigenvalue weighted by atomic mass is 32.1. The highest BCUT2D eigenvalue weighted by Gasteiger charge is 2.16. The van der Waals surface area contributed by atoms with Gasteiger partial charge in [0.15, 0.2) is 0 Å². The van der Waals surface area contributed by atoms with Crippen LogP contribution in [-0.4, -0.2) is 34.1 Å². The molecular formula is C13H17BN2O2S. The van der Waals surface area contributed by atoms with Crippen LogP contribution in [0.1, 0.15) is 16.3 Å². The number of hydrogen-bond donors (Lipinski definition) is 2. The molecule has 0 saturated heterocycles. The molecule has 0 aliphatic carbocycles. The van der Waals surface area contributed by atoms with Crippen LogP contribution in [0.4, 0.5) is 0 Å². The largest absolute Gasteiger partial charge is 0.488 e. The Bertz CT molecular complexity index is 545. The molecule has 6 heteroatoms. The van der Waals surface area contributed by atoms with Crippen molar-refractivity contribution in [3.63, 3.8) is 0 Å². The normalized spacial score (nSPS) is 11.0. The second kappa shape index (κ2) is 6.30. The lowest BCUT2D eigenvalue weighted by Gasteiger charge is -2.17. The van der Waals surface area contributed by atoms with E-state index >= 15 is 0 Å². The van der Waals surface area contributed by atoms with Gasteiger partial charge in [0.1, 0.15) is 0 Å². The summed E-state index contributed by atoms with van der Waals surface area (Å²) in [7, 11) is 0.570. The summed E-state index contributed by atoms with van der Waals surface area (Å²) in [5.74, 6) is 0. The van der Waals surface area contributed by atoms with E-state index in [1.165, 1.54) is 0 Å². The van der Waals surface area contributed by atoms with E-state index in [-0.39, 0.29) is 0 Å². The maximum atomic E-state index is 9.34. The van der Waals surface area contributed by atoms with Crippen molar-refractivity contribution in [1.82, 2.24) is 9.88 Å². The second-order valence-electron chi connectivity index (χ2n) is 4.60. The first-order valence-electron chi connectivity index (χ1n) is 6.09. The van der Waals surface area contributed by atoms with Gasteiger partial charge in [-0.05, 0) is 25.0 Å². The van der Waals surface area contributed by atoms with Crippen LogP contribution in [0.2, 0.25) is 0 Å². The van der Waals surface area contributed by atoms with E-state index < -0.39 is 7.12 Å². The molecule has 0 radical (unpaired) electrons. The van der Waals surface area contributed by atoms with Gasteiger partial charge in [0, 0.05) is 18.5 Å². The van der Waals surface area contributed by atoms with Gasteiger partial charge in [-0.25, -0.2) is 4.98 Å². The van der Waals surface area contributed by atoms with Crippen LogP contribution in [0.3, 0.4) is 0 Å². The molecule has 0 aliphatic rings. The van der Waals surface area contributed by atoms with Crippen LogP contribution in [0.5, 0.6) is 0 Å². The summed E-state index contributed by atoms with van der Waals surface area (Å²) in [5.41, 5.74) is 2.53. The highest BCUT2D eigenvalue weighted by Crippen LogP contribution is 2.11. The number of hydrogen-bond acceptors (Lipinski definition) is 5. The van der Waals surface area contributed by atoms with Gasteiger partial charge >= 0.3 is 7.12 Å². The minimum absolute atomic E-state index is 0.559. The van der Waals surface area contributed by atoms with Crippen LogP contribution in [0, 0.1) is 6.92 Å². The molecule has 0 unspecified atom stereocenters. The average Bonchev–Trinajstić information content (AvgIpc) is 2.75. The molecular weight excluding hydrogens is 259 g/mol. The topological polar surface area (TPSA) is 56.6 Å². The zero-order chi connectivity index (χ0) is 13.8. The quantitative estimate of drug-likeness (QED) is 0.792. The molecule has 1 heterocycles. The Morgan fingerprint density at radius 1 is 1.26 bits per heavy atom. The van der Waals surface area contributed by atoms with Crippen LogP contribution in [0.15, 0.2) is 29.6 Å². The maximum Gasteiger partial charge on any atom is 0.488 e. The van der Waals surface area contributed by atoms with Crippen molar-refractivity contribution in [2.45, 2.75) is 20.0 Å². The molecule has 0 bridgehead atoms. The third kappa shape index (κ3) is 3.88. The van der Waals surface area contributed by atoms with Crippen molar-refractivity contribution in [1.29, 1.82) is 0 Å². The second-order valence-corrected chi connectivity index (χ2v) is 5.66. The van der Waals surface area contributed by atoms with Gasteiger partial charge in [-0.1, -0.05) is 24.3 Å². The fourth-order valence-electron chi connectivity index (χ4n) is 2.03. The number of aryl methyl sites for hydroxylation is 1. The zero-order valence-corrected chi connectivity index (χ0v) is 11.9. The summed E-state index contributed by atoms with van der Waals surface area (Å²) < 4.78 is 0. The summed E-state index contributed by atoms with van der Waals surface area (Å²) >= 11 is 1.64. The number of benzene rings is 1. The molecule has 0 fully saturated rings. The molecule has 1 aromatic carbocycles. The zero-order valence-electron chi connectivity index (χ0n) is 11.1. The third-order valence-corrected chi connectivity index (χ3v) is 3.69. The van der Waals surface area contributed by atoms with Gasteiger partial charge in [-0.3, -0.25) is 4.90 Å². The third-order valence-electron chi connectivity index (χ3n) is 2.87. The molecule has 0 amide bonds. The van der Waals surface area contributed by atoms with Crippen molar-refractivity contribution >= 4 is 23.9 Å². The van der Waals surface area contributed by atoms with Gasteiger partial charge in [0.25, 0.3) is 0 Å². The van der Waals surface area contributed by atoms with E-state index in [0.29, 0.717) is 12.0 Å². The Hall–Kier alpha value is -1.21. The minimum Gasteiger partial charge on any atom is -0.423 e. The van der Waals surface area contributed by atoms with Crippen molar-refractivity contribution in [3.05, 3.63) is 45.9 Å². The Kier molecular flexibility index (Phi) is 4.71. The summed E-state index contributed by atoms with van der Waals surface area (Å²) in [6, 6.07) is 7.36. The number of aromatic nitrogens is 1. The van der Waals surface area contributed by atoms with Crippen molar-refractivity contribution in [3.8, 4) is 0 Å². The molecule has 2 aromatic rings. The number of nitrogens with zero attached hydrogens (tertiary/aromatic N) is 2. The first-order chi connectivity index (χ1) is 9.06. The minimum atomic E-state index is -1.42. The lowest BCUT2D eigenvalue weighted by Crippen LogP contribution is -2.34. The Labute approximate surface area is 117 Å². The van der Waals surface area contributed by atoms with Gasteiger partial charge in [0.2, 0.25) is 0 Å². The van der Waals surface area contributed by atoms with Crippen LogP contribution in [0.25, 0.3) is 0 Å². The predicted octanol–water partition coefficient (Wildman–Crippen LogP) is 0.763. The first kappa shape index (κ1) is 14.2.